The van der Waals surface area contributed by atoms with Crippen LogP contribution in [0.5, 0.6) is 0 Å². The fourth-order valence-corrected chi connectivity index (χ4v) is 6.16. The largest absolute Gasteiger partial charge is 0.387 e. The third-order valence-corrected chi connectivity index (χ3v) is 8.56. The predicted molar refractivity (Wildman–Crippen MR) is 154 cm³/mol. The standard InChI is InChI=1S/C30H31N5O3S/c31-17-20(18-32-21-11-14-38-15-12-21)24-5-3-6-25(34-24)30(37)35-13-10-19-16-27(29(36)33-22-8-9-22)39-28(19)23-4-1-2-7-26(23)35/h1-7,16-18,21-22,31-32H,8-15H2,(H,33,36)/b20-18+,31-17?. The van der Waals surface area contributed by atoms with Crippen molar-refractivity contribution in [3.05, 3.63) is 76.6 Å². The van der Waals surface area contributed by atoms with Crippen molar-refractivity contribution in [3.8, 4) is 10.4 Å². The second-order valence-electron chi connectivity index (χ2n) is 10.1. The number of anilines is 1. The minimum absolute atomic E-state index is 0.0108. The van der Waals surface area contributed by atoms with Gasteiger partial charge in [0.2, 0.25) is 0 Å². The quantitative estimate of drug-likeness (QED) is 0.377. The summed E-state index contributed by atoms with van der Waals surface area (Å²) in [4.78, 5) is 34.8. The van der Waals surface area contributed by atoms with Gasteiger partial charge in [0.1, 0.15) is 5.69 Å². The van der Waals surface area contributed by atoms with Gasteiger partial charge >= 0.3 is 0 Å². The van der Waals surface area contributed by atoms with Gasteiger partial charge in [-0.05, 0) is 61.9 Å². The van der Waals surface area contributed by atoms with Crippen LogP contribution in [0, 0.1) is 5.41 Å². The van der Waals surface area contributed by atoms with Gasteiger partial charge in [0, 0.05) is 60.3 Å². The summed E-state index contributed by atoms with van der Waals surface area (Å²) in [6.45, 7) is 1.94. The molecule has 8 nitrogen and oxygen atoms in total. The molecule has 200 valence electrons. The smallest absolute Gasteiger partial charge is 0.276 e. The van der Waals surface area contributed by atoms with Gasteiger partial charge in [0.25, 0.3) is 11.8 Å². The number of carbonyl (C=O) groups is 2. The van der Waals surface area contributed by atoms with E-state index >= 15 is 0 Å². The Labute approximate surface area is 231 Å². The number of nitrogens with zero attached hydrogens (tertiary/aromatic N) is 2. The van der Waals surface area contributed by atoms with Gasteiger partial charge in [0.05, 0.1) is 16.3 Å². The summed E-state index contributed by atoms with van der Waals surface area (Å²) in [6.07, 6.45) is 7.66. The molecule has 0 spiro atoms. The fourth-order valence-electron chi connectivity index (χ4n) is 5.02. The monoisotopic (exact) mass is 541 g/mol. The molecule has 2 aromatic heterocycles. The minimum atomic E-state index is -0.187. The Morgan fingerprint density at radius 2 is 1.82 bits per heavy atom. The van der Waals surface area contributed by atoms with E-state index in [4.69, 9.17) is 10.1 Å². The number of hydrogen-bond acceptors (Lipinski definition) is 7. The topological polar surface area (TPSA) is 107 Å². The van der Waals surface area contributed by atoms with Crippen molar-refractivity contribution in [2.75, 3.05) is 24.7 Å². The number of fused-ring (bicyclic) bond motifs is 3. The first-order valence-corrected chi connectivity index (χ1v) is 14.3. The maximum absolute atomic E-state index is 13.9. The van der Waals surface area contributed by atoms with Crippen LogP contribution in [0.25, 0.3) is 16.0 Å². The zero-order chi connectivity index (χ0) is 26.8. The van der Waals surface area contributed by atoms with Crippen LogP contribution in [0.15, 0.2) is 54.7 Å². The molecule has 2 amide bonds. The molecule has 2 aliphatic heterocycles. The molecule has 9 heteroatoms. The number of rotatable bonds is 7. The Morgan fingerprint density at radius 3 is 2.62 bits per heavy atom. The molecule has 1 saturated carbocycles. The van der Waals surface area contributed by atoms with Crippen LogP contribution in [-0.2, 0) is 11.2 Å². The third-order valence-electron chi connectivity index (χ3n) is 7.35. The van der Waals surface area contributed by atoms with Gasteiger partial charge in [-0.1, -0.05) is 24.3 Å². The molecule has 2 fully saturated rings. The number of pyridine rings is 1. The van der Waals surface area contributed by atoms with E-state index in [0.717, 1.165) is 65.5 Å². The zero-order valence-corrected chi connectivity index (χ0v) is 22.4. The first kappa shape index (κ1) is 25.5. The van der Waals surface area contributed by atoms with Crippen LogP contribution in [0.3, 0.4) is 0 Å². The lowest BCUT2D eigenvalue weighted by Crippen LogP contribution is -2.33. The highest BCUT2D eigenvalue weighted by molar-refractivity contribution is 7.17. The number of para-hydroxylation sites is 1. The van der Waals surface area contributed by atoms with Crippen LogP contribution in [0.2, 0.25) is 0 Å². The van der Waals surface area contributed by atoms with Crippen molar-refractivity contribution in [2.24, 2.45) is 0 Å². The van der Waals surface area contributed by atoms with E-state index in [1.807, 2.05) is 48.7 Å². The SMILES string of the molecule is N=C/C(=C\NC1CCOCC1)c1cccc(C(=O)N2CCc3cc(C(=O)NC4CC4)sc3-c3ccccc32)n1. The van der Waals surface area contributed by atoms with Crippen molar-refractivity contribution in [1.82, 2.24) is 15.6 Å². The van der Waals surface area contributed by atoms with E-state index in [-0.39, 0.29) is 11.8 Å². The number of aromatic nitrogens is 1. The highest BCUT2D eigenvalue weighted by Crippen LogP contribution is 2.42. The molecule has 0 bridgehead atoms. The third kappa shape index (κ3) is 5.51. The van der Waals surface area contributed by atoms with Gasteiger partial charge in [-0.15, -0.1) is 11.3 Å². The average Bonchev–Trinajstić information content (AvgIpc) is 3.72. The number of nitrogens with one attached hydrogen (secondary N) is 3. The summed E-state index contributed by atoms with van der Waals surface area (Å²) in [7, 11) is 0. The highest BCUT2D eigenvalue weighted by atomic mass is 32.1. The van der Waals surface area contributed by atoms with E-state index in [0.29, 0.717) is 42.0 Å². The van der Waals surface area contributed by atoms with Crippen molar-refractivity contribution < 1.29 is 14.3 Å². The second-order valence-corrected chi connectivity index (χ2v) is 11.2. The maximum Gasteiger partial charge on any atom is 0.276 e. The van der Waals surface area contributed by atoms with Gasteiger partial charge in [-0.2, -0.15) is 0 Å². The first-order chi connectivity index (χ1) is 19.1. The molecular formula is C30H31N5O3S. The minimum Gasteiger partial charge on any atom is -0.387 e. The van der Waals surface area contributed by atoms with E-state index in [1.165, 1.54) is 17.6 Å². The number of carbonyl (C=O) groups excluding carboxylic acids is 2. The van der Waals surface area contributed by atoms with Crippen LogP contribution < -0.4 is 15.5 Å². The molecule has 1 aliphatic carbocycles. The molecule has 1 saturated heterocycles. The molecule has 4 heterocycles. The lowest BCUT2D eigenvalue weighted by molar-refractivity contribution is 0.0812. The Morgan fingerprint density at radius 1 is 1.03 bits per heavy atom. The molecule has 3 N–H and O–H groups in total. The predicted octanol–water partition coefficient (Wildman–Crippen LogP) is 4.66. The Balaban J connectivity index is 1.26. The number of amides is 2. The van der Waals surface area contributed by atoms with E-state index < -0.39 is 0 Å². The molecule has 3 aromatic rings. The number of allylic oxidation sites excluding steroid dienone is 1. The Kier molecular flexibility index (Phi) is 7.26. The number of benzene rings is 1. The number of thiophene rings is 1. The molecule has 0 radical (unpaired) electrons. The molecule has 0 atom stereocenters. The van der Waals surface area contributed by atoms with Gasteiger partial charge in [0.15, 0.2) is 0 Å². The normalized spacial score (nSPS) is 17.5. The van der Waals surface area contributed by atoms with E-state index in [2.05, 4.69) is 15.6 Å². The maximum atomic E-state index is 13.9. The molecular weight excluding hydrogens is 510 g/mol. The summed E-state index contributed by atoms with van der Waals surface area (Å²) in [5.41, 5.74) is 4.37. The number of hydrogen-bond donors (Lipinski definition) is 3. The lowest BCUT2D eigenvalue weighted by atomic mass is 10.1. The van der Waals surface area contributed by atoms with Crippen molar-refractivity contribution >= 4 is 40.6 Å². The van der Waals surface area contributed by atoms with Crippen LogP contribution in [0.4, 0.5) is 5.69 Å². The number of ether oxygens (including phenoxy) is 1. The van der Waals surface area contributed by atoms with Crippen LogP contribution >= 0.6 is 11.3 Å². The van der Waals surface area contributed by atoms with Gasteiger partial charge in [-0.25, -0.2) is 4.98 Å². The van der Waals surface area contributed by atoms with Crippen molar-refractivity contribution in [2.45, 2.75) is 44.2 Å². The molecule has 1 aromatic carbocycles. The summed E-state index contributed by atoms with van der Waals surface area (Å²) in [5, 5.41) is 14.4. The Hall–Kier alpha value is -3.82. The average molecular weight is 542 g/mol. The summed E-state index contributed by atoms with van der Waals surface area (Å²) >= 11 is 1.49. The molecule has 3 aliphatic rings. The van der Waals surface area contributed by atoms with Crippen molar-refractivity contribution in [1.29, 1.82) is 5.41 Å². The van der Waals surface area contributed by atoms with E-state index in [1.54, 1.807) is 11.0 Å². The summed E-state index contributed by atoms with van der Waals surface area (Å²) in [5.74, 6) is -0.198. The summed E-state index contributed by atoms with van der Waals surface area (Å²) in [6, 6.07) is 15.8. The lowest BCUT2D eigenvalue weighted by Gasteiger charge is -2.23. The second kappa shape index (κ2) is 11.1. The van der Waals surface area contributed by atoms with Crippen LogP contribution in [0.1, 0.15) is 57.1 Å². The highest BCUT2D eigenvalue weighted by Gasteiger charge is 2.29. The molecule has 6 rings (SSSR count). The summed E-state index contributed by atoms with van der Waals surface area (Å²) < 4.78 is 5.42. The zero-order valence-electron chi connectivity index (χ0n) is 21.6. The fraction of sp³-hybridized carbons (Fsp3) is 0.333. The van der Waals surface area contributed by atoms with Crippen LogP contribution in [-0.4, -0.2) is 54.9 Å². The van der Waals surface area contributed by atoms with Gasteiger partial charge < -0.3 is 25.7 Å². The molecule has 39 heavy (non-hydrogen) atoms. The molecule has 0 unspecified atom stereocenters. The van der Waals surface area contributed by atoms with Crippen molar-refractivity contribution in [3.63, 3.8) is 0 Å². The first-order valence-electron chi connectivity index (χ1n) is 13.5. The van der Waals surface area contributed by atoms with E-state index in [9.17, 15) is 9.59 Å². The Bertz CT molecular complexity index is 1440. The van der Waals surface area contributed by atoms with Gasteiger partial charge in [-0.3, -0.25) is 9.59 Å².